The number of ether oxygens (including phenoxy) is 4. The van der Waals surface area contributed by atoms with Crippen molar-refractivity contribution in [1.82, 2.24) is 10.9 Å². The Hall–Kier alpha value is -3.69. The maximum Gasteiger partial charge on any atom is 0.338 e. The number of rotatable bonds is 5. The second-order valence-corrected chi connectivity index (χ2v) is 5.26. The average Bonchev–Trinajstić information content (AvgIpc) is 3.24. The van der Waals surface area contributed by atoms with Crippen LogP contribution in [0, 0.1) is 0 Å². The first kappa shape index (κ1) is 18.1. The standard InChI is InChI=1S/C17H16N2O8/c1-23-12-7-10(8-13-15(12)26-6-5-25-13)17(22)27-9-14(20)18-19-16(21)11-3-2-4-24-11/h2-4,7-8H,5-6,9H2,1H3,(H,18,20)(H,19,21). The predicted octanol–water partition coefficient (Wildman–Crippen LogP) is 0.677. The first-order valence-electron chi connectivity index (χ1n) is 7.86. The summed E-state index contributed by atoms with van der Waals surface area (Å²) in [5.41, 5.74) is 4.36. The van der Waals surface area contributed by atoms with Crippen LogP contribution in [0.25, 0.3) is 0 Å². The van der Waals surface area contributed by atoms with Crippen molar-refractivity contribution in [3.05, 3.63) is 41.9 Å². The fourth-order valence-corrected chi connectivity index (χ4v) is 2.24. The third-order valence-corrected chi connectivity index (χ3v) is 3.46. The SMILES string of the molecule is COc1cc(C(=O)OCC(=O)NNC(=O)c2ccco2)cc2c1OCCO2. The number of carbonyl (C=O) groups excluding carboxylic acids is 3. The molecule has 0 spiro atoms. The summed E-state index contributed by atoms with van der Waals surface area (Å²) in [6, 6.07) is 5.82. The lowest BCUT2D eigenvalue weighted by Gasteiger charge is -2.21. The second-order valence-electron chi connectivity index (χ2n) is 5.26. The van der Waals surface area contributed by atoms with E-state index in [1.807, 2.05) is 0 Å². The number of furan rings is 1. The maximum absolute atomic E-state index is 12.2. The summed E-state index contributed by atoms with van der Waals surface area (Å²) in [7, 11) is 1.43. The highest BCUT2D eigenvalue weighted by atomic mass is 16.6. The zero-order chi connectivity index (χ0) is 19.2. The number of hydrogen-bond acceptors (Lipinski definition) is 8. The van der Waals surface area contributed by atoms with E-state index < -0.39 is 24.4 Å². The lowest BCUT2D eigenvalue weighted by atomic mass is 10.1. The molecule has 1 aliphatic rings. The van der Waals surface area contributed by atoms with Crippen LogP contribution in [-0.2, 0) is 9.53 Å². The van der Waals surface area contributed by atoms with Crippen molar-refractivity contribution in [2.24, 2.45) is 0 Å². The quantitative estimate of drug-likeness (QED) is 0.576. The van der Waals surface area contributed by atoms with E-state index in [2.05, 4.69) is 10.9 Å². The minimum Gasteiger partial charge on any atom is -0.493 e. The first-order chi connectivity index (χ1) is 13.1. The summed E-state index contributed by atoms with van der Waals surface area (Å²) in [6.07, 6.45) is 1.32. The fourth-order valence-electron chi connectivity index (χ4n) is 2.24. The molecule has 0 radical (unpaired) electrons. The number of fused-ring (bicyclic) bond motifs is 1. The number of amides is 2. The average molecular weight is 376 g/mol. The normalized spacial score (nSPS) is 12.0. The Morgan fingerprint density at radius 2 is 1.96 bits per heavy atom. The van der Waals surface area contributed by atoms with Gasteiger partial charge < -0.3 is 23.4 Å². The molecule has 2 heterocycles. The molecule has 2 N–H and O–H groups in total. The lowest BCUT2D eigenvalue weighted by Crippen LogP contribution is -2.43. The summed E-state index contributed by atoms with van der Waals surface area (Å²) < 4.78 is 25.9. The van der Waals surface area contributed by atoms with Crippen molar-refractivity contribution >= 4 is 17.8 Å². The number of esters is 1. The Morgan fingerprint density at radius 3 is 2.70 bits per heavy atom. The molecule has 27 heavy (non-hydrogen) atoms. The van der Waals surface area contributed by atoms with Gasteiger partial charge in [-0.2, -0.15) is 0 Å². The third-order valence-electron chi connectivity index (χ3n) is 3.46. The van der Waals surface area contributed by atoms with E-state index in [0.717, 1.165) is 0 Å². The molecule has 1 aromatic heterocycles. The van der Waals surface area contributed by atoms with Gasteiger partial charge >= 0.3 is 11.9 Å². The molecule has 142 valence electrons. The van der Waals surface area contributed by atoms with Crippen LogP contribution >= 0.6 is 0 Å². The van der Waals surface area contributed by atoms with Crippen LogP contribution in [0.2, 0.25) is 0 Å². The molecule has 10 heteroatoms. The van der Waals surface area contributed by atoms with E-state index in [0.29, 0.717) is 30.5 Å². The van der Waals surface area contributed by atoms with Crippen molar-refractivity contribution in [3.63, 3.8) is 0 Å². The number of hydrazine groups is 1. The van der Waals surface area contributed by atoms with Gasteiger partial charge in [-0.1, -0.05) is 0 Å². The Labute approximate surface area is 153 Å². The van der Waals surface area contributed by atoms with E-state index in [9.17, 15) is 14.4 Å². The summed E-state index contributed by atoms with van der Waals surface area (Å²) in [6.45, 7) is 0.109. The van der Waals surface area contributed by atoms with Gasteiger partial charge in [0.15, 0.2) is 23.9 Å². The number of methoxy groups -OCH3 is 1. The first-order valence-corrected chi connectivity index (χ1v) is 7.86. The van der Waals surface area contributed by atoms with Crippen LogP contribution in [0.15, 0.2) is 34.9 Å². The van der Waals surface area contributed by atoms with Gasteiger partial charge in [0.25, 0.3) is 5.91 Å². The molecule has 0 atom stereocenters. The molecule has 0 fully saturated rings. The van der Waals surface area contributed by atoms with Gasteiger partial charge in [0, 0.05) is 0 Å². The molecule has 0 bridgehead atoms. The number of carbonyl (C=O) groups is 3. The monoisotopic (exact) mass is 376 g/mol. The zero-order valence-electron chi connectivity index (χ0n) is 14.3. The molecular formula is C17H16N2O8. The Bertz CT molecular complexity index is 830. The Balaban J connectivity index is 1.54. The molecule has 2 amide bonds. The fraction of sp³-hybridized carbons (Fsp3) is 0.235. The highest BCUT2D eigenvalue weighted by molar-refractivity contribution is 5.94. The van der Waals surface area contributed by atoms with Crippen molar-refractivity contribution < 1.29 is 37.7 Å². The maximum atomic E-state index is 12.2. The van der Waals surface area contributed by atoms with E-state index in [-0.39, 0.29) is 11.3 Å². The van der Waals surface area contributed by atoms with Crippen LogP contribution in [-0.4, -0.2) is 44.7 Å². The molecule has 1 aliphatic heterocycles. The van der Waals surface area contributed by atoms with Gasteiger partial charge in [0.05, 0.1) is 18.9 Å². The van der Waals surface area contributed by atoms with E-state index >= 15 is 0 Å². The minimum absolute atomic E-state index is 0.0238. The molecule has 0 aliphatic carbocycles. The van der Waals surface area contributed by atoms with Gasteiger partial charge in [0.2, 0.25) is 5.75 Å². The molecule has 2 aromatic rings. The van der Waals surface area contributed by atoms with Gasteiger partial charge in [-0.05, 0) is 24.3 Å². The molecule has 3 rings (SSSR count). The van der Waals surface area contributed by atoms with Gasteiger partial charge in [-0.25, -0.2) is 4.79 Å². The van der Waals surface area contributed by atoms with Crippen molar-refractivity contribution in [1.29, 1.82) is 0 Å². The summed E-state index contributed by atoms with van der Waals surface area (Å²) in [5, 5.41) is 0. The zero-order valence-corrected chi connectivity index (χ0v) is 14.3. The molecule has 0 saturated carbocycles. The summed E-state index contributed by atoms with van der Waals surface area (Å²) in [5.74, 6) is -1.05. The molecule has 1 aromatic carbocycles. The highest BCUT2D eigenvalue weighted by Crippen LogP contribution is 2.40. The van der Waals surface area contributed by atoms with Crippen molar-refractivity contribution in [2.75, 3.05) is 26.9 Å². The smallest absolute Gasteiger partial charge is 0.338 e. The highest BCUT2D eigenvalue weighted by Gasteiger charge is 2.22. The molecule has 0 unspecified atom stereocenters. The van der Waals surface area contributed by atoms with Gasteiger partial charge in [0.1, 0.15) is 13.2 Å². The van der Waals surface area contributed by atoms with Gasteiger partial charge in [-0.15, -0.1) is 0 Å². The van der Waals surface area contributed by atoms with E-state index in [4.69, 9.17) is 23.4 Å². The second kappa shape index (κ2) is 8.13. The number of benzene rings is 1. The molecule has 0 saturated heterocycles. The van der Waals surface area contributed by atoms with Crippen LogP contribution in [0.4, 0.5) is 0 Å². The van der Waals surface area contributed by atoms with E-state index in [1.165, 1.54) is 37.6 Å². The van der Waals surface area contributed by atoms with E-state index in [1.54, 1.807) is 0 Å². The third kappa shape index (κ3) is 4.29. The minimum atomic E-state index is -0.766. The van der Waals surface area contributed by atoms with Crippen LogP contribution in [0.3, 0.4) is 0 Å². The number of nitrogens with one attached hydrogen (secondary N) is 2. The van der Waals surface area contributed by atoms with Crippen LogP contribution in [0.5, 0.6) is 17.2 Å². The number of hydrogen-bond donors (Lipinski definition) is 2. The molecule has 10 nitrogen and oxygen atoms in total. The van der Waals surface area contributed by atoms with Crippen molar-refractivity contribution in [2.45, 2.75) is 0 Å². The molecular weight excluding hydrogens is 360 g/mol. The summed E-state index contributed by atoms with van der Waals surface area (Å²) >= 11 is 0. The van der Waals surface area contributed by atoms with Gasteiger partial charge in [-0.3, -0.25) is 20.4 Å². The van der Waals surface area contributed by atoms with Crippen LogP contribution in [0.1, 0.15) is 20.9 Å². The van der Waals surface area contributed by atoms with Crippen LogP contribution < -0.4 is 25.1 Å². The Morgan fingerprint density at radius 1 is 1.15 bits per heavy atom. The topological polar surface area (TPSA) is 125 Å². The Kier molecular flexibility index (Phi) is 5.45. The summed E-state index contributed by atoms with van der Waals surface area (Å²) in [4.78, 5) is 35.5. The van der Waals surface area contributed by atoms with Crippen molar-refractivity contribution in [3.8, 4) is 17.2 Å². The predicted molar refractivity (Wildman–Crippen MR) is 88.6 cm³/mol. The lowest BCUT2D eigenvalue weighted by molar-refractivity contribution is -0.125. The largest absolute Gasteiger partial charge is 0.493 e.